The fourth-order valence-electron chi connectivity index (χ4n) is 2.26. The van der Waals surface area contributed by atoms with Crippen LogP contribution in [0.2, 0.25) is 0 Å². The number of thioether (sulfide) groups is 1. The maximum Gasteiger partial charge on any atom is 0.327 e. The van der Waals surface area contributed by atoms with Crippen LogP contribution < -0.4 is 5.32 Å². The van der Waals surface area contributed by atoms with Gasteiger partial charge in [0.05, 0.1) is 5.92 Å². The van der Waals surface area contributed by atoms with Crippen molar-refractivity contribution in [1.29, 1.82) is 0 Å². The quantitative estimate of drug-likeness (QED) is 0.752. The number of nitrogens with one attached hydrogen (secondary N) is 1. The first-order valence-electron chi connectivity index (χ1n) is 7.96. The average Bonchev–Trinajstić information content (AvgIpc) is 2.50. The number of carbonyl (C=O) groups excluding carboxylic acids is 2. The molecular formula is C18H25NO4S. The molecule has 1 aromatic rings. The highest BCUT2D eigenvalue weighted by molar-refractivity contribution is 8.13. The number of carboxylic acid groups (broad SMARTS) is 1. The lowest BCUT2D eigenvalue weighted by molar-refractivity contribution is -0.140. The summed E-state index contributed by atoms with van der Waals surface area (Å²) in [6, 6.07) is 6.90. The molecule has 6 heteroatoms. The fraction of sp³-hybridized carbons (Fsp3) is 0.500. The minimum Gasteiger partial charge on any atom is -0.480 e. The second kappa shape index (κ2) is 9.47. The van der Waals surface area contributed by atoms with Gasteiger partial charge in [0.1, 0.15) is 6.04 Å². The first-order chi connectivity index (χ1) is 11.2. The summed E-state index contributed by atoms with van der Waals surface area (Å²) in [5.74, 6) is -1.30. The summed E-state index contributed by atoms with van der Waals surface area (Å²) in [7, 11) is 0. The summed E-state index contributed by atoms with van der Waals surface area (Å²) in [6.07, 6.45) is 0.994. The molecule has 5 nitrogen and oxygen atoms in total. The zero-order chi connectivity index (χ0) is 18.3. The van der Waals surface area contributed by atoms with Crippen molar-refractivity contribution in [1.82, 2.24) is 5.32 Å². The molecular weight excluding hydrogens is 326 g/mol. The van der Waals surface area contributed by atoms with E-state index in [1.165, 1.54) is 12.5 Å². The minimum atomic E-state index is -1.14. The molecule has 0 fully saturated rings. The highest BCUT2D eigenvalue weighted by atomic mass is 32.2. The molecule has 0 aliphatic carbocycles. The largest absolute Gasteiger partial charge is 0.480 e. The van der Waals surface area contributed by atoms with E-state index in [4.69, 9.17) is 5.11 Å². The monoisotopic (exact) mass is 351 g/mol. The van der Waals surface area contributed by atoms with Gasteiger partial charge < -0.3 is 10.4 Å². The van der Waals surface area contributed by atoms with Gasteiger partial charge in [0.15, 0.2) is 5.12 Å². The Morgan fingerprint density at radius 2 is 1.71 bits per heavy atom. The molecule has 0 aliphatic rings. The number of rotatable bonds is 8. The Morgan fingerprint density at radius 1 is 1.12 bits per heavy atom. The molecule has 1 amide bonds. The highest BCUT2D eigenvalue weighted by Gasteiger charge is 2.22. The van der Waals surface area contributed by atoms with Crippen LogP contribution in [0.1, 0.15) is 44.7 Å². The Kier molecular flexibility index (Phi) is 7.98. The first kappa shape index (κ1) is 20.2. The number of hydrogen-bond donors (Lipinski definition) is 2. The maximum atomic E-state index is 12.3. The van der Waals surface area contributed by atoms with E-state index >= 15 is 0 Å². The van der Waals surface area contributed by atoms with Crippen LogP contribution in [0.4, 0.5) is 0 Å². The maximum absolute atomic E-state index is 12.3. The third-order valence-electron chi connectivity index (χ3n) is 3.55. The van der Waals surface area contributed by atoms with Crippen molar-refractivity contribution in [3.63, 3.8) is 0 Å². The Morgan fingerprint density at radius 3 is 2.17 bits per heavy atom. The van der Waals surface area contributed by atoms with Gasteiger partial charge in [-0.3, -0.25) is 9.59 Å². The van der Waals surface area contributed by atoms with E-state index in [1.807, 2.05) is 24.3 Å². The number of carbonyl (C=O) groups is 3. The van der Waals surface area contributed by atoms with Gasteiger partial charge in [-0.1, -0.05) is 56.8 Å². The molecule has 0 heterocycles. The number of benzene rings is 1. The van der Waals surface area contributed by atoms with E-state index < -0.39 is 17.9 Å². The zero-order valence-corrected chi connectivity index (χ0v) is 15.4. The lowest BCUT2D eigenvalue weighted by atomic mass is 9.97. The van der Waals surface area contributed by atoms with Crippen LogP contribution >= 0.6 is 11.8 Å². The van der Waals surface area contributed by atoms with Gasteiger partial charge >= 0.3 is 5.97 Å². The van der Waals surface area contributed by atoms with E-state index in [1.54, 1.807) is 6.92 Å². The van der Waals surface area contributed by atoms with Gasteiger partial charge in [0, 0.05) is 12.7 Å². The Bertz CT molecular complexity index is 583. The normalized spacial score (nSPS) is 13.4. The smallest absolute Gasteiger partial charge is 0.327 e. The predicted molar refractivity (Wildman–Crippen MR) is 96.1 cm³/mol. The minimum absolute atomic E-state index is 0.0174. The second-order valence-electron chi connectivity index (χ2n) is 6.28. The van der Waals surface area contributed by atoms with Crippen LogP contribution in [0.3, 0.4) is 0 Å². The second-order valence-corrected chi connectivity index (χ2v) is 7.31. The summed E-state index contributed by atoms with van der Waals surface area (Å²) in [5.41, 5.74) is 2.14. The zero-order valence-electron chi connectivity index (χ0n) is 14.5. The standard InChI is InChI=1S/C18H25NO4S/c1-11(2)9-14-5-7-15(8-6-14)12(3)18(23)24-10-16(17(21)22)19-13(4)20/h5-8,11-12,16H,9-10H2,1-4H3,(H,19,20)(H,21,22)/t12-,16+/m1/s1. The Balaban J connectivity index is 2.63. The van der Waals surface area contributed by atoms with Gasteiger partial charge in [0.25, 0.3) is 0 Å². The van der Waals surface area contributed by atoms with Crippen molar-refractivity contribution in [2.75, 3.05) is 5.75 Å². The predicted octanol–water partition coefficient (Wildman–Crippen LogP) is 2.84. The first-order valence-corrected chi connectivity index (χ1v) is 8.94. The van der Waals surface area contributed by atoms with Crippen LogP contribution in [0.15, 0.2) is 24.3 Å². The average molecular weight is 351 g/mol. The molecule has 0 saturated carbocycles. The molecule has 0 aromatic heterocycles. The van der Waals surface area contributed by atoms with Crippen molar-refractivity contribution >= 4 is 28.8 Å². The summed E-state index contributed by atoms with van der Waals surface area (Å²) in [4.78, 5) is 34.3. The topological polar surface area (TPSA) is 83.5 Å². The molecule has 0 radical (unpaired) electrons. The van der Waals surface area contributed by atoms with E-state index in [0.717, 1.165) is 23.7 Å². The third kappa shape index (κ3) is 6.74. The molecule has 24 heavy (non-hydrogen) atoms. The van der Waals surface area contributed by atoms with Gasteiger partial charge in [-0.15, -0.1) is 0 Å². The third-order valence-corrected chi connectivity index (χ3v) is 4.68. The van der Waals surface area contributed by atoms with E-state index in [2.05, 4.69) is 19.2 Å². The summed E-state index contributed by atoms with van der Waals surface area (Å²) < 4.78 is 0. The van der Waals surface area contributed by atoms with E-state index in [-0.39, 0.29) is 16.8 Å². The lowest BCUT2D eigenvalue weighted by Crippen LogP contribution is -2.41. The summed E-state index contributed by atoms with van der Waals surface area (Å²) >= 11 is 0.938. The van der Waals surface area contributed by atoms with Crippen molar-refractivity contribution in [2.45, 2.75) is 46.1 Å². The van der Waals surface area contributed by atoms with Crippen molar-refractivity contribution in [3.05, 3.63) is 35.4 Å². The van der Waals surface area contributed by atoms with Crippen molar-refractivity contribution in [2.24, 2.45) is 5.92 Å². The summed E-state index contributed by atoms with van der Waals surface area (Å²) in [5, 5.41) is 11.3. The van der Waals surface area contributed by atoms with Crippen LogP contribution in [0.5, 0.6) is 0 Å². The van der Waals surface area contributed by atoms with Crippen molar-refractivity contribution < 1.29 is 19.5 Å². The van der Waals surface area contributed by atoms with Gasteiger partial charge in [-0.25, -0.2) is 4.79 Å². The molecule has 2 atom stereocenters. The molecule has 132 valence electrons. The van der Waals surface area contributed by atoms with Crippen LogP contribution in [-0.4, -0.2) is 33.9 Å². The Hall–Kier alpha value is -1.82. The highest BCUT2D eigenvalue weighted by Crippen LogP contribution is 2.23. The molecule has 1 rings (SSSR count). The van der Waals surface area contributed by atoms with Gasteiger partial charge in [-0.2, -0.15) is 0 Å². The molecule has 0 unspecified atom stereocenters. The molecule has 0 bridgehead atoms. The van der Waals surface area contributed by atoms with Gasteiger partial charge in [-0.05, 0) is 23.5 Å². The van der Waals surface area contributed by atoms with Gasteiger partial charge in [0.2, 0.25) is 5.91 Å². The number of aliphatic carboxylic acids is 1. The molecule has 2 N–H and O–H groups in total. The molecule has 1 aromatic carbocycles. The van der Waals surface area contributed by atoms with Crippen LogP contribution in [0, 0.1) is 5.92 Å². The fourth-order valence-corrected chi connectivity index (χ4v) is 3.20. The number of amides is 1. The Labute approximate surface area is 147 Å². The molecule has 0 saturated heterocycles. The number of hydrogen-bond acceptors (Lipinski definition) is 4. The van der Waals surface area contributed by atoms with Crippen molar-refractivity contribution in [3.8, 4) is 0 Å². The van der Waals surface area contributed by atoms with Crippen LogP contribution in [-0.2, 0) is 20.8 Å². The van der Waals surface area contributed by atoms with E-state index in [9.17, 15) is 14.4 Å². The molecule has 0 aliphatic heterocycles. The number of carboxylic acids is 1. The summed E-state index contributed by atoms with van der Waals surface area (Å²) in [6.45, 7) is 7.38. The molecule has 0 spiro atoms. The SMILES string of the molecule is CC(=O)N[C@@H](CSC(=O)[C@H](C)c1ccc(CC(C)C)cc1)C(=O)O. The van der Waals surface area contributed by atoms with E-state index in [0.29, 0.717) is 5.92 Å². The van der Waals surface area contributed by atoms with Crippen LogP contribution in [0.25, 0.3) is 0 Å². The lowest BCUT2D eigenvalue weighted by Gasteiger charge is -2.15.